The number of fused-ring (bicyclic) bond motifs is 1. The first-order valence-corrected chi connectivity index (χ1v) is 9.61. The number of nitrogens with one attached hydrogen (secondary N) is 2. The number of ether oxygens (including phenoxy) is 1. The molecule has 1 aliphatic rings. The molecule has 0 spiro atoms. The molecule has 0 amide bonds. The van der Waals surface area contributed by atoms with E-state index in [1.165, 1.54) is 0 Å². The van der Waals surface area contributed by atoms with E-state index in [1.807, 2.05) is 30.9 Å². The second-order valence-electron chi connectivity index (χ2n) is 7.14. The van der Waals surface area contributed by atoms with E-state index in [4.69, 9.17) is 14.8 Å². The Hall–Kier alpha value is -3.40. The number of morpholine rings is 1. The summed E-state index contributed by atoms with van der Waals surface area (Å²) in [6.07, 6.45) is 3.51. The van der Waals surface area contributed by atoms with Crippen molar-refractivity contribution in [3.05, 3.63) is 30.6 Å². The van der Waals surface area contributed by atoms with Crippen LogP contribution in [0.15, 0.2) is 30.6 Å². The fraction of sp³-hybridized carbons (Fsp3) is 0.368. The lowest BCUT2D eigenvalue weighted by Gasteiger charge is -2.34. The van der Waals surface area contributed by atoms with Crippen molar-refractivity contribution in [1.82, 2.24) is 34.7 Å². The summed E-state index contributed by atoms with van der Waals surface area (Å²) < 4.78 is 9.29. The first-order valence-electron chi connectivity index (χ1n) is 9.61. The molecule has 1 saturated heterocycles. The maximum absolute atomic E-state index is 5.62. The molecule has 0 aromatic carbocycles. The number of aromatic nitrogens is 7. The van der Waals surface area contributed by atoms with Crippen molar-refractivity contribution in [1.29, 1.82) is 0 Å². The number of aromatic amines is 1. The third-order valence-corrected chi connectivity index (χ3v) is 5.33. The quantitative estimate of drug-likeness (QED) is 0.545. The molecule has 5 rings (SSSR count). The summed E-state index contributed by atoms with van der Waals surface area (Å²) in [5, 5.41) is 20.3. The lowest BCUT2D eigenvalue weighted by Crippen LogP contribution is -2.44. The summed E-state index contributed by atoms with van der Waals surface area (Å²) in [5.74, 6) is 2.40. The molecule has 0 saturated carbocycles. The average molecular weight is 393 g/mol. The van der Waals surface area contributed by atoms with Crippen LogP contribution in [-0.2, 0) is 11.8 Å². The van der Waals surface area contributed by atoms with E-state index in [0.29, 0.717) is 13.2 Å². The molecular weight excluding hydrogens is 370 g/mol. The molecule has 29 heavy (non-hydrogen) atoms. The van der Waals surface area contributed by atoms with Gasteiger partial charge in [-0.3, -0.25) is 9.78 Å². The van der Waals surface area contributed by atoms with Crippen LogP contribution < -0.4 is 10.2 Å². The molecule has 10 nitrogen and oxygen atoms in total. The van der Waals surface area contributed by atoms with Crippen LogP contribution in [0.4, 0.5) is 11.6 Å². The molecule has 0 bridgehead atoms. The van der Waals surface area contributed by atoms with Gasteiger partial charge in [0.1, 0.15) is 5.82 Å². The number of rotatable bonds is 4. The van der Waals surface area contributed by atoms with Gasteiger partial charge in [0.25, 0.3) is 0 Å². The highest BCUT2D eigenvalue weighted by Crippen LogP contribution is 2.36. The molecular formula is C19H23N9O. The molecule has 2 N–H and O–H groups in total. The Morgan fingerprint density at radius 2 is 2.17 bits per heavy atom. The van der Waals surface area contributed by atoms with Crippen molar-refractivity contribution < 1.29 is 4.74 Å². The second kappa shape index (κ2) is 6.89. The Morgan fingerprint density at radius 3 is 2.86 bits per heavy atom. The van der Waals surface area contributed by atoms with Crippen molar-refractivity contribution in [2.75, 3.05) is 37.0 Å². The predicted octanol–water partition coefficient (Wildman–Crippen LogP) is 1.81. The van der Waals surface area contributed by atoms with Crippen LogP contribution in [0.1, 0.15) is 6.92 Å². The highest BCUT2D eigenvalue weighted by atomic mass is 16.5. The second-order valence-corrected chi connectivity index (χ2v) is 7.14. The summed E-state index contributed by atoms with van der Waals surface area (Å²) >= 11 is 0. The SMILES string of the molecule is CNc1nn(-c2ccn[nH]2)c2nc(N3CCOC[C@H]3C)cc(-c3ccnn3C)c12. The van der Waals surface area contributed by atoms with E-state index in [9.17, 15) is 0 Å². The lowest BCUT2D eigenvalue weighted by atomic mass is 10.1. The molecule has 1 fully saturated rings. The van der Waals surface area contributed by atoms with Crippen LogP contribution in [0.5, 0.6) is 0 Å². The average Bonchev–Trinajstić information content (AvgIpc) is 3.47. The Balaban J connectivity index is 1.82. The molecule has 4 aromatic heterocycles. The monoisotopic (exact) mass is 393 g/mol. The van der Waals surface area contributed by atoms with Crippen LogP contribution in [-0.4, -0.2) is 67.6 Å². The van der Waals surface area contributed by atoms with Gasteiger partial charge in [0.2, 0.25) is 0 Å². The van der Waals surface area contributed by atoms with E-state index in [-0.39, 0.29) is 6.04 Å². The number of H-pyrrole nitrogens is 1. The van der Waals surface area contributed by atoms with Gasteiger partial charge in [-0.05, 0) is 19.1 Å². The van der Waals surface area contributed by atoms with Crippen molar-refractivity contribution in [3.63, 3.8) is 0 Å². The van der Waals surface area contributed by atoms with E-state index in [0.717, 1.165) is 46.3 Å². The van der Waals surface area contributed by atoms with Gasteiger partial charge >= 0.3 is 0 Å². The van der Waals surface area contributed by atoms with Crippen molar-refractivity contribution in [2.24, 2.45) is 7.05 Å². The van der Waals surface area contributed by atoms with Crippen molar-refractivity contribution in [3.8, 4) is 17.1 Å². The van der Waals surface area contributed by atoms with Gasteiger partial charge in [-0.15, -0.1) is 5.10 Å². The number of hydrogen-bond donors (Lipinski definition) is 2. The maximum atomic E-state index is 5.62. The molecule has 0 aliphatic carbocycles. The van der Waals surface area contributed by atoms with Gasteiger partial charge in [-0.25, -0.2) is 4.98 Å². The zero-order chi connectivity index (χ0) is 20.0. The smallest absolute Gasteiger partial charge is 0.169 e. The largest absolute Gasteiger partial charge is 0.377 e. The van der Waals surface area contributed by atoms with Gasteiger partial charge in [-0.1, -0.05) is 0 Å². The Kier molecular flexibility index (Phi) is 4.20. The molecule has 0 unspecified atom stereocenters. The van der Waals surface area contributed by atoms with Crippen molar-refractivity contribution >= 4 is 22.7 Å². The number of aryl methyl sites for hydroxylation is 1. The molecule has 0 radical (unpaired) electrons. The fourth-order valence-corrected chi connectivity index (χ4v) is 3.87. The van der Waals surface area contributed by atoms with Gasteiger partial charge in [-0.2, -0.15) is 14.9 Å². The van der Waals surface area contributed by atoms with Crippen LogP contribution in [0.25, 0.3) is 28.1 Å². The lowest BCUT2D eigenvalue weighted by molar-refractivity contribution is 0.0985. The van der Waals surface area contributed by atoms with Crippen LogP contribution in [0.2, 0.25) is 0 Å². The molecule has 1 aliphatic heterocycles. The Bertz CT molecular complexity index is 1140. The first-order chi connectivity index (χ1) is 14.2. The van der Waals surface area contributed by atoms with Gasteiger partial charge < -0.3 is 15.0 Å². The van der Waals surface area contributed by atoms with Crippen molar-refractivity contribution in [2.45, 2.75) is 13.0 Å². The molecule has 10 heteroatoms. The number of nitrogens with zero attached hydrogens (tertiary/aromatic N) is 7. The number of anilines is 2. The third kappa shape index (κ3) is 2.83. The minimum absolute atomic E-state index is 0.236. The molecule has 1 atom stereocenters. The fourth-order valence-electron chi connectivity index (χ4n) is 3.87. The minimum Gasteiger partial charge on any atom is -0.377 e. The van der Waals surface area contributed by atoms with Gasteiger partial charge in [0.15, 0.2) is 17.3 Å². The van der Waals surface area contributed by atoms with E-state index in [2.05, 4.69) is 38.5 Å². The molecule has 150 valence electrons. The third-order valence-electron chi connectivity index (χ3n) is 5.33. The zero-order valence-electron chi connectivity index (χ0n) is 16.6. The Labute approximate surface area is 167 Å². The van der Waals surface area contributed by atoms with Crippen LogP contribution in [0, 0.1) is 0 Å². The van der Waals surface area contributed by atoms with E-state index >= 15 is 0 Å². The minimum atomic E-state index is 0.236. The topological polar surface area (TPSA) is 102 Å². The summed E-state index contributed by atoms with van der Waals surface area (Å²) in [6.45, 7) is 4.32. The summed E-state index contributed by atoms with van der Waals surface area (Å²) in [7, 11) is 3.81. The standard InChI is InChI=1S/C19H23N9O/c1-12-11-29-9-8-27(12)16-10-13(14-4-7-22-26(14)3)17-18(20-2)25-28(19(17)23-16)15-5-6-21-24-15/h4-7,10,12H,8-9,11H2,1-3H3,(H,20,25)(H,21,24)/t12-/m1/s1. The first kappa shape index (κ1) is 17.7. The van der Waals surface area contributed by atoms with Gasteiger partial charge in [0, 0.05) is 38.5 Å². The highest BCUT2D eigenvalue weighted by molar-refractivity contribution is 6.02. The van der Waals surface area contributed by atoms with Crippen LogP contribution >= 0.6 is 0 Å². The normalized spacial score (nSPS) is 17.2. The van der Waals surface area contributed by atoms with Gasteiger partial charge in [0.05, 0.1) is 36.5 Å². The maximum Gasteiger partial charge on any atom is 0.169 e. The number of pyridine rings is 1. The highest BCUT2D eigenvalue weighted by Gasteiger charge is 2.25. The van der Waals surface area contributed by atoms with E-state index < -0.39 is 0 Å². The number of hydrogen-bond acceptors (Lipinski definition) is 7. The summed E-state index contributed by atoms with van der Waals surface area (Å²) in [5.41, 5.74) is 2.78. The predicted molar refractivity (Wildman–Crippen MR) is 110 cm³/mol. The zero-order valence-corrected chi connectivity index (χ0v) is 16.6. The van der Waals surface area contributed by atoms with Crippen LogP contribution in [0.3, 0.4) is 0 Å². The summed E-state index contributed by atoms with van der Waals surface area (Å²) in [6, 6.07) is 6.25. The van der Waals surface area contributed by atoms with E-state index in [1.54, 1.807) is 17.1 Å². The molecule has 4 aromatic rings. The molecule has 5 heterocycles. The summed E-state index contributed by atoms with van der Waals surface area (Å²) in [4.78, 5) is 7.31. The Morgan fingerprint density at radius 1 is 1.28 bits per heavy atom.